The van der Waals surface area contributed by atoms with Crippen molar-refractivity contribution in [3.05, 3.63) is 71.3 Å². The average molecular weight is 534 g/mol. The molecule has 4 atom stereocenters. The van der Waals surface area contributed by atoms with Gasteiger partial charge in [-0.25, -0.2) is 4.39 Å². The van der Waals surface area contributed by atoms with Crippen molar-refractivity contribution < 1.29 is 18.8 Å². The molecule has 1 saturated carbocycles. The SMILES string of the molecule is CC(=O)N1CC2(CCCC2CC(=O)N2C[C@H](F)C[C@H]2C(=O)N[C@@H](c2ccccc2)c2ccc(C(C)C)cc2)C1. The maximum Gasteiger partial charge on any atom is 0.243 e. The lowest BCUT2D eigenvalue weighted by Gasteiger charge is -2.51. The number of likely N-dealkylation sites (tertiary alicyclic amines) is 2. The zero-order chi connectivity index (χ0) is 27.7. The highest BCUT2D eigenvalue weighted by molar-refractivity contribution is 5.89. The van der Waals surface area contributed by atoms with Gasteiger partial charge in [-0.15, -0.1) is 0 Å². The van der Waals surface area contributed by atoms with Crippen molar-refractivity contribution in [2.24, 2.45) is 11.3 Å². The van der Waals surface area contributed by atoms with E-state index in [0.29, 0.717) is 25.4 Å². The van der Waals surface area contributed by atoms with Gasteiger partial charge in [0.1, 0.15) is 12.2 Å². The van der Waals surface area contributed by atoms with Crippen molar-refractivity contribution in [1.29, 1.82) is 0 Å². The van der Waals surface area contributed by atoms with E-state index in [9.17, 15) is 18.8 Å². The summed E-state index contributed by atoms with van der Waals surface area (Å²) >= 11 is 0. The number of nitrogens with zero attached hydrogens (tertiary/aromatic N) is 2. The molecule has 2 saturated heterocycles. The third-order valence-electron chi connectivity index (χ3n) is 9.20. The summed E-state index contributed by atoms with van der Waals surface area (Å²) in [6.07, 6.45) is 2.08. The Hall–Kier alpha value is -3.22. The highest BCUT2D eigenvalue weighted by atomic mass is 19.1. The first-order chi connectivity index (χ1) is 18.7. The van der Waals surface area contributed by atoms with Gasteiger partial charge in [0, 0.05) is 38.3 Å². The zero-order valence-electron chi connectivity index (χ0n) is 23.2. The molecule has 2 aliphatic heterocycles. The van der Waals surface area contributed by atoms with Crippen LogP contribution in [0.15, 0.2) is 54.6 Å². The summed E-state index contributed by atoms with van der Waals surface area (Å²) in [6.45, 7) is 7.21. The second-order valence-corrected chi connectivity index (χ2v) is 12.1. The van der Waals surface area contributed by atoms with Gasteiger partial charge < -0.3 is 15.1 Å². The number of hydrogen-bond donors (Lipinski definition) is 1. The van der Waals surface area contributed by atoms with Crippen LogP contribution in [-0.2, 0) is 14.4 Å². The summed E-state index contributed by atoms with van der Waals surface area (Å²) < 4.78 is 14.7. The standard InChI is InChI=1S/C32H40FN3O3/c1-21(2)23-11-13-25(14-12-23)30(24-8-5-4-6-9-24)34-31(39)28-17-27(33)18-36(28)29(38)16-26-10-7-15-32(26)19-35(20-32)22(3)37/h4-6,8-9,11-14,21,26-28,30H,7,10,15-20H2,1-3H3,(H,34,39)/t26?,27-,28+,30+/m1/s1. The highest BCUT2D eigenvalue weighted by Crippen LogP contribution is 2.51. The molecule has 6 nitrogen and oxygen atoms in total. The van der Waals surface area contributed by atoms with Crippen LogP contribution >= 0.6 is 0 Å². The first kappa shape index (κ1) is 27.4. The average Bonchev–Trinajstić information content (AvgIpc) is 3.50. The number of carbonyl (C=O) groups is 3. The fraction of sp³-hybridized carbons (Fsp3) is 0.531. The van der Waals surface area contributed by atoms with E-state index in [1.54, 1.807) is 6.92 Å². The predicted octanol–water partition coefficient (Wildman–Crippen LogP) is 4.99. The number of amides is 3. The Morgan fingerprint density at radius 3 is 2.28 bits per heavy atom. The number of halogens is 1. The second kappa shape index (κ2) is 11.1. The van der Waals surface area contributed by atoms with Crippen LogP contribution in [0.3, 0.4) is 0 Å². The number of alkyl halides is 1. The molecule has 208 valence electrons. The molecule has 0 bridgehead atoms. The molecule has 3 fully saturated rings. The molecule has 3 amide bonds. The van der Waals surface area contributed by atoms with E-state index in [1.165, 1.54) is 10.5 Å². The molecule has 1 unspecified atom stereocenters. The first-order valence-corrected chi connectivity index (χ1v) is 14.3. The number of benzene rings is 2. The Balaban J connectivity index is 1.31. The van der Waals surface area contributed by atoms with E-state index in [0.717, 1.165) is 30.4 Å². The number of hydrogen-bond acceptors (Lipinski definition) is 3. The molecule has 0 aromatic heterocycles. The molecule has 3 aliphatic rings. The lowest BCUT2D eigenvalue weighted by Crippen LogP contribution is -2.60. The molecule has 1 N–H and O–H groups in total. The van der Waals surface area contributed by atoms with Crippen LogP contribution in [-0.4, -0.2) is 59.4 Å². The molecule has 2 aromatic carbocycles. The predicted molar refractivity (Wildman–Crippen MR) is 149 cm³/mol. The van der Waals surface area contributed by atoms with Crippen molar-refractivity contribution >= 4 is 17.7 Å². The Morgan fingerprint density at radius 2 is 1.64 bits per heavy atom. The van der Waals surface area contributed by atoms with Gasteiger partial charge in [-0.1, -0.05) is 74.9 Å². The van der Waals surface area contributed by atoms with Gasteiger partial charge in [-0.3, -0.25) is 14.4 Å². The normalized spacial score (nSPS) is 24.6. The minimum atomic E-state index is -1.22. The minimum Gasteiger partial charge on any atom is -0.343 e. The summed E-state index contributed by atoms with van der Waals surface area (Å²) in [6, 6.07) is 16.7. The molecule has 1 spiro atoms. The number of carbonyl (C=O) groups excluding carboxylic acids is 3. The summed E-state index contributed by atoms with van der Waals surface area (Å²) in [5.41, 5.74) is 3.09. The Labute approximate surface area is 230 Å². The Morgan fingerprint density at radius 1 is 1.00 bits per heavy atom. The fourth-order valence-electron chi connectivity index (χ4n) is 6.84. The van der Waals surface area contributed by atoms with Gasteiger partial charge in [0.2, 0.25) is 17.7 Å². The summed E-state index contributed by atoms with van der Waals surface area (Å²) in [5, 5.41) is 3.15. The van der Waals surface area contributed by atoms with Gasteiger partial charge in [-0.2, -0.15) is 0 Å². The summed E-state index contributed by atoms with van der Waals surface area (Å²) in [7, 11) is 0. The molecule has 7 heteroatoms. The maximum absolute atomic E-state index is 14.7. The second-order valence-electron chi connectivity index (χ2n) is 12.1. The highest BCUT2D eigenvalue weighted by Gasteiger charge is 2.53. The summed E-state index contributed by atoms with van der Waals surface area (Å²) in [4.78, 5) is 42.3. The summed E-state index contributed by atoms with van der Waals surface area (Å²) in [5.74, 6) is 0.159. The lowest BCUT2D eigenvalue weighted by molar-refractivity contribution is -0.147. The molecule has 39 heavy (non-hydrogen) atoms. The Kier molecular flexibility index (Phi) is 7.79. The van der Waals surface area contributed by atoms with Crippen LogP contribution in [0.1, 0.15) is 81.5 Å². The Bertz CT molecular complexity index is 1190. The van der Waals surface area contributed by atoms with Gasteiger partial charge in [0.05, 0.1) is 12.6 Å². The molecule has 2 heterocycles. The van der Waals surface area contributed by atoms with E-state index >= 15 is 0 Å². The van der Waals surface area contributed by atoms with Crippen LogP contribution in [0.4, 0.5) is 4.39 Å². The molecule has 0 radical (unpaired) electrons. The van der Waals surface area contributed by atoms with Gasteiger partial charge >= 0.3 is 0 Å². The van der Waals surface area contributed by atoms with Crippen LogP contribution in [0.5, 0.6) is 0 Å². The van der Waals surface area contributed by atoms with Gasteiger partial charge in [-0.05, 0) is 41.4 Å². The monoisotopic (exact) mass is 533 g/mol. The molecule has 1 aliphatic carbocycles. The third-order valence-corrected chi connectivity index (χ3v) is 9.20. The van der Waals surface area contributed by atoms with Crippen molar-refractivity contribution in [3.8, 4) is 0 Å². The lowest BCUT2D eigenvalue weighted by atomic mass is 9.70. The van der Waals surface area contributed by atoms with E-state index in [2.05, 4.69) is 31.3 Å². The number of nitrogens with one attached hydrogen (secondary N) is 1. The van der Waals surface area contributed by atoms with Crippen LogP contribution in [0.25, 0.3) is 0 Å². The first-order valence-electron chi connectivity index (χ1n) is 14.3. The molecule has 2 aromatic rings. The van der Waals surface area contributed by atoms with Crippen molar-refractivity contribution in [1.82, 2.24) is 15.1 Å². The van der Waals surface area contributed by atoms with Crippen molar-refractivity contribution in [2.75, 3.05) is 19.6 Å². The zero-order valence-corrected chi connectivity index (χ0v) is 23.2. The van der Waals surface area contributed by atoms with Crippen molar-refractivity contribution in [3.63, 3.8) is 0 Å². The van der Waals surface area contributed by atoms with Crippen molar-refractivity contribution in [2.45, 2.75) is 77.0 Å². The van der Waals surface area contributed by atoms with E-state index in [-0.39, 0.29) is 42.0 Å². The van der Waals surface area contributed by atoms with Crippen LogP contribution in [0.2, 0.25) is 0 Å². The van der Waals surface area contributed by atoms with Crippen LogP contribution < -0.4 is 5.32 Å². The van der Waals surface area contributed by atoms with Crippen LogP contribution in [0, 0.1) is 11.3 Å². The van der Waals surface area contributed by atoms with E-state index in [1.807, 2.05) is 47.4 Å². The number of rotatable bonds is 7. The van der Waals surface area contributed by atoms with Gasteiger partial charge in [0.25, 0.3) is 0 Å². The molecular formula is C32H40FN3O3. The fourth-order valence-corrected chi connectivity index (χ4v) is 6.84. The molecular weight excluding hydrogens is 493 g/mol. The van der Waals surface area contributed by atoms with E-state index < -0.39 is 18.3 Å². The quantitative estimate of drug-likeness (QED) is 0.545. The maximum atomic E-state index is 14.7. The topological polar surface area (TPSA) is 69.7 Å². The van der Waals surface area contributed by atoms with Gasteiger partial charge in [0.15, 0.2) is 0 Å². The third kappa shape index (κ3) is 5.59. The molecule has 5 rings (SSSR count). The largest absolute Gasteiger partial charge is 0.343 e. The minimum absolute atomic E-state index is 0.00548. The smallest absolute Gasteiger partial charge is 0.243 e. The van der Waals surface area contributed by atoms with E-state index in [4.69, 9.17) is 0 Å².